The van der Waals surface area contributed by atoms with Crippen LogP contribution in [0, 0.1) is 39.8 Å². The van der Waals surface area contributed by atoms with Crippen LogP contribution in [0.15, 0.2) is 23.4 Å². The third-order valence-electron chi connectivity index (χ3n) is 2.91. The molecule has 102 valence electrons. The van der Waals surface area contributed by atoms with Crippen LogP contribution < -0.4 is 10.6 Å². The van der Waals surface area contributed by atoms with Gasteiger partial charge in [0.25, 0.3) is 0 Å². The average molecular weight is 281 g/mol. The number of halogens is 1. The van der Waals surface area contributed by atoms with Gasteiger partial charge in [0.15, 0.2) is 5.57 Å². The van der Waals surface area contributed by atoms with E-state index in [1.165, 1.54) is 0 Å². The number of nitrogens with one attached hydrogen (secondary N) is 2. The van der Waals surface area contributed by atoms with Crippen molar-refractivity contribution >= 4 is 17.3 Å². The number of amides is 1. The quantitative estimate of drug-likeness (QED) is 0.804. The number of carbonyl (C=O) groups is 1. The number of nitriles is 3. The Morgan fingerprint density at radius 1 is 1.19 bits per heavy atom. The lowest BCUT2D eigenvalue weighted by molar-refractivity contribution is -0.116. The largest absolute Gasteiger partial charge is 0.345 e. The molecule has 21 heavy (non-hydrogen) atoms. The molecule has 2 rings (SSSR count). The van der Waals surface area contributed by atoms with Gasteiger partial charge in [-0.1, -0.05) is 0 Å². The van der Waals surface area contributed by atoms with Gasteiger partial charge in [0.1, 0.15) is 29.7 Å². The average Bonchev–Trinajstić information content (AvgIpc) is 2.48. The van der Waals surface area contributed by atoms with Crippen molar-refractivity contribution in [3.8, 4) is 18.2 Å². The Balaban J connectivity index is 2.40. The number of hydrogen-bond acceptors (Lipinski definition) is 5. The van der Waals surface area contributed by atoms with E-state index in [4.69, 9.17) is 15.8 Å². The summed E-state index contributed by atoms with van der Waals surface area (Å²) in [6.45, 7) is 0. The van der Waals surface area contributed by atoms with Gasteiger partial charge in [0.05, 0.1) is 5.69 Å². The molecule has 0 unspecified atom stereocenters. The molecule has 1 aliphatic heterocycles. The van der Waals surface area contributed by atoms with Gasteiger partial charge in [0.2, 0.25) is 5.91 Å². The predicted molar refractivity (Wildman–Crippen MR) is 70.8 cm³/mol. The van der Waals surface area contributed by atoms with Crippen LogP contribution in [0.4, 0.5) is 15.8 Å². The summed E-state index contributed by atoms with van der Waals surface area (Å²) in [5.74, 6) is -0.897. The molecule has 0 spiro atoms. The summed E-state index contributed by atoms with van der Waals surface area (Å²) >= 11 is 0. The maximum absolute atomic E-state index is 13.9. The molecule has 1 heterocycles. The molecular weight excluding hydrogens is 273 g/mol. The molecular formula is C14H8FN5O. The molecule has 0 aromatic heterocycles. The van der Waals surface area contributed by atoms with E-state index in [9.17, 15) is 9.18 Å². The first-order valence-electron chi connectivity index (χ1n) is 5.93. The minimum absolute atomic E-state index is 0.125. The normalized spacial score (nSPS) is 12.0. The Bertz CT molecular complexity index is 760. The highest BCUT2D eigenvalue weighted by Crippen LogP contribution is 2.29. The number of anilines is 2. The first-order chi connectivity index (χ1) is 10.1. The van der Waals surface area contributed by atoms with Crippen molar-refractivity contribution in [3.05, 3.63) is 34.8 Å². The summed E-state index contributed by atoms with van der Waals surface area (Å²) < 4.78 is 13.9. The zero-order valence-electron chi connectivity index (χ0n) is 10.7. The van der Waals surface area contributed by atoms with Crippen LogP contribution in [-0.4, -0.2) is 5.91 Å². The number of aryl methyl sites for hydroxylation is 1. The van der Waals surface area contributed by atoms with E-state index in [-0.39, 0.29) is 35.0 Å². The van der Waals surface area contributed by atoms with Crippen molar-refractivity contribution in [1.29, 1.82) is 15.8 Å². The monoisotopic (exact) mass is 281 g/mol. The number of hydrogen-bond donors (Lipinski definition) is 2. The number of nitrogens with zero attached hydrogens (tertiary/aromatic N) is 3. The van der Waals surface area contributed by atoms with E-state index in [0.717, 1.165) is 6.07 Å². The molecule has 0 fully saturated rings. The highest BCUT2D eigenvalue weighted by molar-refractivity contribution is 5.94. The summed E-state index contributed by atoms with van der Waals surface area (Å²) in [5, 5.41) is 31.4. The first kappa shape index (κ1) is 14.0. The van der Waals surface area contributed by atoms with Crippen molar-refractivity contribution in [2.24, 2.45) is 0 Å². The van der Waals surface area contributed by atoms with Gasteiger partial charge in [-0.25, -0.2) is 4.39 Å². The minimum atomic E-state index is -0.643. The Morgan fingerprint density at radius 3 is 2.52 bits per heavy atom. The highest BCUT2D eigenvalue weighted by Gasteiger charge is 2.19. The van der Waals surface area contributed by atoms with Crippen LogP contribution in [0.2, 0.25) is 0 Å². The topological polar surface area (TPSA) is 112 Å². The molecule has 7 heteroatoms. The SMILES string of the molecule is N#CC(C#N)=C(C#N)Nc1cc(F)c2c(c1)CCC(=O)N2. The van der Waals surface area contributed by atoms with Crippen LogP contribution >= 0.6 is 0 Å². The molecule has 1 aromatic carbocycles. The van der Waals surface area contributed by atoms with E-state index in [0.29, 0.717) is 12.0 Å². The fraction of sp³-hybridized carbons (Fsp3) is 0.143. The summed E-state index contributed by atoms with van der Waals surface area (Å²) in [7, 11) is 0. The van der Waals surface area contributed by atoms with Gasteiger partial charge in [0, 0.05) is 12.1 Å². The Hall–Kier alpha value is -3.37. The first-order valence-corrected chi connectivity index (χ1v) is 5.93. The molecule has 2 N–H and O–H groups in total. The second kappa shape index (κ2) is 5.73. The van der Waals surface area contributed by atoms with E-state index in [2.05, 4.69) is 10.6 Å². The number of rotatable bonds is 2. The van der Waals surface area contributed by atoms with Crippen LogP contribution in [0.1, 0.15) is 12.0 Å². The number of fused-ring (bicyclic) bond motifs is 1. The van der Waals surface area contributed by atoms with Crippen molar-refractivity contribution in [2.75, 3.05) is 10.6 Å². The fourth-order valence-electron chi connectivity index (χ4n) is 1.95. The van der Waals surface area contributed by atoms with Gasteiger partial charge in [-0.15, -0.1) is 0 Å². The standard InChI is InChI=1S/C14H8FN5O/c15-11-4-10(19-12(7-18)9(5-16)6-17)3-8-1-2-13(21)20-14(8)11/h3-4,19H,1-2H2,(H,20,21). The maximum Gasteiger partial charge on any atom is 0.224 e. The summed E-state index contributed by atoms with van der Waals surface area (Å²) in [6, 6.07) is 7.53. The fourth-order valence-corrected chi connectivity index (χ4v) is 1.95. The molecule has 6 nitrogen and oxygen atoms in total. The van der Waals surface area contributed by atoms with Crippen LogP contribution in [0.5, 0.6) is 0 Å². The molecule has 0 radical (unpaired) electrons. The second-order valence-electron chi connectivity index (χ2n) is 4.25. The Labute approximate surface area is 119 Å². The van der Waals surface area contributed by atoms with E-state index in [1.54, 1.807) is 24.3 Å². The molecule has 1 amide bonds. The molecule has 0 bridgehead atoms. The van der Waals surface area contributed by atoms with Crippen LogP contribution in [0.25, 0.3) is 0 Å². The van der Waals surface area contributed by atoms with Crippen LogP contribution in [-0.2, 0) is 11.2 Å². The molecule has 0 atom stereocenters. The number of benzene rings is 1. The van der Waals surface area contributed by atoms with Gasteiger partial charge in [-0.3, -0.25) is 4.79 Å². The third-order valence-corrected chi connectivity index (χ3v) is 2.91. The summed E-state index contributed by atoms with van der Waals surface area (Å²) in [5.41, 5.74) is 0.315. The van der Waals surface area contributed by atoms with Crippen molar-refractivity contribution in [3.63, 3.8) is 0 Å². The lowest BCUT2D eigenvalue weighted by Crippen LogP contribution is -2.20. The summed E-state index contributed by atoms with van der Waals surface area (Å²) in [4.78, 5) is 11.2. The summed E-state index contributed by atoms with van der Waals surface area (Å²) in [6.07, 6.45) is 0.626. The van der Waals surface area contributed by atoms with Crippen LogP contribution in [0.3, 0.4) is 0 Å². The predicted octanol–water partition coefficient (Wildman–Crippen LogP) is 1.95. The molecule has 1 aliphatic rings. The van der Waals surface area contributed by atoms with E-state index >= 15 is 0 Å². The van der Waals surface area contributed by atoms with Crippen molar-refractivity contribution in [2.45, 2.75) is 12.8 Å². The smallest absolute Gasteiger partial charge is 0.224 e. The van der Waals surface area contributed by atoms with Crippen molar-refractivity contribution < 1.29 is 9.18 Å². The Morgan fingerprint density at radius 2 is 1.90 bits per heavy atom. The van der Waals surface area contributed by atoms with Gasteiger partial charge >= 0.3 is 0 Å². The van der Waals surface area contributed by atoms with Gasteiger partial charge in [-0.2, -0.15) is 15.8 Å². The molecule has 1 aromatic rings. The van der Waals surface area contributed by atoms with Gasteiger partial charge < -0.3 is 10.6 Å². The number of carbonyl (C=O) groups excluding carboxylic acids is 1. The zero-order chi connectivity index (χ0) is 15.4. The molecule has 0 aliphatic carbocycles. The van der Waals surface area contributed by atoms with E-state index < -0.39 is 5.82 Å². The number of allylic oxidation sites excluding steroid dienone is 2. The lowest BCUT2D eigenvalue weighted by atomic mass is 10.0. The minimum Gasteiger partial charge on any atom is -0.345 e. The van der Waals surface area contributed by atoms with Gasteiger partial charge in [-0.05, 0) is 24.1 Å². The van der Waals surface area contributed by atoms with Crippen molar-refractivity contribution in [1.82, 2.24) is 0 Å². The molecule has 0 saturated carbocycles. The third kappa shape index (κ3) is 2.80. The second-order valence-corrected chi connectivity index (χ2v) is 4.25. The zero-order valence-corrected chi connectivity index (χ0v) is 10.7. The highest BCUT2D eigenvalue weighted by atomic mass is 19.1. The molecule has 0 saturated heterocycles. The Kier molecular flexibility index (Phi) is 3.83. The van der Waals surface area contributed by atoms with E-state index in [1.807, 2.05) is 0 Å². The maximum atomic E-state index is 13.9. The lowest BCUT2D eigenvalue weighted by Gasteiger charge is -2.18.